The first-order valence-electron chi connectivity index (χ1n) is 15.2. The van der Waals surface area contributed by atoms with E-state index in [9.17, 15) is 9.59 Å². The number of terminal acetylenes is 1. The standard InChI is InChI=1S/C34H47NO5Si/c1-9-23-11-14-25(15-12-23)35-33(37)39-29-19-21(2)18-24-13-10-22(3)27(30(24)29)17-16-26-20-28(34(4,5)6)31(32(36)38-26)40-41(7)8/h1,10-15,18,21-22,26-31,41H,16-17,19-20H2,2-8H3,(H,35,37)/t21-,22-,26+,27-,28-,29-,30-,31?/m0/s1. The summed E-state index contributed by atoms with van der Waals surface area (Å²) in [4.78, 5) is 26.1. The molecule has 1 amide bonds. The Morgan fingerprint density at radius 2 is 1.85 bits per heavy atom. The van der Waals surface area contributed by atoms with Crippen LogP contribution in [0.1, 0.15) is 65.9 Å². The third-order valence-corrected chi connectivity index (χ3v) is 9.74. The highest BCUT2D eigenvalue weighted by atomic mass is 28.3. The zero-order valence-electron chi connectivity index (χ0n) is 25.7. The van der Waals surface area contributed by atoms with E-state index in [1.807, 2.05) is 0 Å². The Bertz CT molecular complexity index is 1190. The van der Waals surface area contributed by atoms with Gasteiger partial charge >= 0.3 is 12.1 Å². The summed E-state index contributed by atoms with van der Waals surface area (Å²) in [6.07, 6.45) is 14.2. The fourth-order valence-corrected chi connectivity index (χ4v) is 7.70. The lowest BCUT2D eigenvalue weighted by atomic mass is 9.65. The van der Waals surface area contributed by atoms with Gasteiger partial charge in [-0.1, -0.05) is 58.8 Å². The molecule has 3 aliphatic rings. The Morgan fingerprint density at radius 3 is 2.49 bits per heavy atom. The second kappa shape index (κ2) is 13.0. The van der Waals surface area contributed by atoms with E-state index in [4.69, 9.17) is 20.3 Å². The van der Waals surface area contributed by atoms with Gasteiger partial charge in [0.05, 0.1) is 0 Å². The van der Waals surface area contributed by atoms with Crippen molar-refractivity contribution in [1.82, 2.24) is 0 Å². The SMILES string of the molecule is C#Cc1ccc(NC(=O)O[C@H]2C[C@@H](C)C=C3C=C[C@H](C)[C@H](CC[C@@H]4C[C@H](C(C)(C)C)C(O[SiH](C)C)C(=O)O4)[C@H]32)cc1. The first-order chi connectivity index (χ1) is 19.3. The number of hydrogen-bond donors (Lipinski definition) is 1. The quantitative estimate of drug-likeness (QED) is 0.212. The first kappa shape index (κ1) is 31.1. The van der Waals surface area contributed by atoms with Gasteiger partial charge in [-0.25, -0.2) is 9.59 Å². The number of hydrogen-bond acceptors (Lipinski definition) is 5. The highest BCUT2D eigenvalue weighted by Gasteiger charge is 2.46. The van der Waals surface area contributed by atoms with Crippen LogP contribution in [0, 0.1) is 47.3 Å². The lowest BCUT2D eigenvalue weighted by molar-refractivity contribution is -0.176. The predicted molar refractivity (Wildman–Crippen MR) is 166 cm³/mol. The van der Waals surface area contributed by atoms with E-state index < -0.39 is 21.2 Å². The van der Waals surface area contributed by atoms with Gasteiger partial charge in [-0.15, -0.1) is 6.42 Å². The molecule has 1 unspecified atom stereocenters. The van der Waals surface area contributed by atoms with Crippen molar-refractivity contribution in [2.45, 2.75) is 91.7 Å². The summed E-state index contributed by atoms with van der Waals surface area (Å²) in [7, 11) is -1.40. The van der Waals surface area contributed by atoms with E-state index in [1.165, 1.54) is 5.57 Å². The Labute approximate surface area is 248 Å². The molecule has 1 N–H and O–H groups in total. The third kappa shape index (κ3) is 7.72. The molecule has 8 atom stereocenters. The fraction of sp³-hybridized carbons (Fsp3) is 0.588. The molecule has 1 aromatic carbocycles. The number of carbonyl (C=O) groups excluding carboxylic acids is 2. The van der Waals surface area contributed by atoms with Crippen molar-refractivity contribution in [3.8, 4) is 12.3 Å². The van der Waals surface area contributed by atoms with Crippen LogP contribution in [0.3, 0.4) is 0 Å². The number of benzene rings is 1. The van der Waals surface area contributed by atoms with Gasteiger partial charge in [-0.05, 0) is 91.8 Å². The van der Waals surface area contributed by atoms with Crippen molar-refractivity contribution in [1.29, 1.82) is 0 Å². The smallest absolute Gasteiger partial charge is 0.411 e. The van der Waals surface area contributed by atoms with Crippen molar-refractivity contribution < 1.29 is 23.5 Å². The summed E-state index contributed by atoms with van der Waals surface area (Å²) >= 11 is 0. The van der Waals surface area contributed by atoms with E-state index >= 15 is 0 Å². The largest absolute Gasteiger partial charge is 0.460 e. The zero-order valence-corrected chi connectivity index (χ0v) is 26.8. The lowest BCUT2D eigenvalue weighted by Crippen LogP contribution is -2.50. The van der Waals surface area contributed by atoms with Crippen molar-refractivity contribution >= 4 is 26.8 Å². The van der Waals surface area contributed by atoms with E-state index in [1.54, 1.807) is 24.3 Å². The molecule has 1 heterocycles. The van der Waals surface area contributed by atoms with Crippen LogP contribution in [0.15, 0.2) is 48.1 Å². The van der Waals surface area contributed by atoms with Crippen LogP contribution >= 0.6 is 0 Å². The molecule has 0 saturated carbocycles. The minimum Gasteiger partial charge on any atom is -0.460 e. The van der Waals surface area contributed by atoms with Gasteiger partial charge in [-0.2, -0.15) is 0 Å². The van der Waals surface area contributed by atoms with E-state index in [0.29, 0.717) is 17.5 Å². The summed E-state index contributed by atoms with van der Waals surface area (Å²) in [6.45, 7) is 15.2. The lowest BCUT2D eigenvalue weighted by Gasteiger charge is -2.45. The molecule has 4 rings (SSSR count). The summed E-state index contributed by atoms with van der Waals surface area (Å²) in [5, 5.41) is 2.87. The summed E-state index contributed by atoms with van der Waals surface area (Å²) in [5.74, 6) is 3.49. The monoisotopic (exact) mass is 577 g/mol. The molecular formula is C34H47NO5Si. The molecule has 0 spiro atoms. The molecule has 0 aromatic heterocycles. The topological polar surface area (TPSA) is 73.9 Å². The number of nitrogens with one attached hydrogen (secondary N) is 1. The van der Waals surface area contributed by atoms with Crippen LogP contribution in [-0.2, 0) is 18.7 Å². The van der Waals surface area contributed by atoms with E-state index in [-0.39, 0.29) is 41.3 Å². The second-order valence-corrected chi connectivity index (χ2v) is 15.9. The number of amides is 1. The average molecular weight is 578 g/mol. The summed E-state index contributed by atoms with van der Waals surface area (Å²) in [6, 6.07) is 7.16. The number of fused-ring (bicyclic) bond motifs is 1. The van der Waals surface area contributed by atoms with Gasteiger partial charge in [0.15, 0.2) is 9.04 Å². The Hall–Kier alpha value is -2.82. The Kier molecular flexibility index (Phi) is 9.87. The summed E-state index contributed by atoms with van der Waals surface area (Å²) < 4.78 is 18.3. The zero-order chi connectivity index (χ0) is 29.9. The normalized spacial score (nSPS) is 31.5. The molecule has 1 aliphatic heterocycles. The molecule has 2 aliphatic carbocycles. The minimum absolute atomic E-state index is 0.0601. The predicted octanol–water partition coefficient (Wildman–Crippen LogP) is 7.12. The number of esters is 1. The van der Waals surface area contributed by atoms with Gasteiger partial charge in [0.25, 0.3) is 0 Å². The van der Waals surface area contributed by atoms with Crippen LogP contribution in [0.4, 0.5) is 10.5 Å². The van der Waals surface area contributed by atoms with Gasteiger partial charge in [0.2, 0.25) is 0 Å². The number of allylic oxidation sites excluding steroid dienone is 3. The van der Waals surface area contributed by atoms with Crippen LogP contribution in [0.5, 0.6) is 0 Å². The first-order valence-corrected chi connectivity index (χ1v) is 17.9. The van der Waals surface area contributed by atoms with E-state index in [2.05, 4.69) is 77.2 Å². The number of anilines is 1. The van der Waals surface area contributed by atoms with Crippen LogP contribution in [0.2, 0.25) is 13.1 Å². The summed E-state index contributed by atoms with van der Waals surface area (Å²) in [5.41, 5.74) is 2.59. The highest BCUT2D eigenvalue weighted by Crippen LogP contribution is 2.46. The van der Waals surface area contributed by atoms with Crippen LogP contribution in [-0.4, -0.2) is 39.4 Å². The van der Waals surface area contributed by atoms with Crippen molar-refractivity contribution in [2.24, 2.45) is 35.0 Å². The number of rotatable bonds is 7. The molecule has 0 bridgehead atoms. The second-order valence-electron chi connectivity index (χ2n) is 13.5. The van der Waals surface area contributed by atoms with Crippen molar-refractivity contribution in [3.05, 3.63) is 53.6 Å². The number of cyclic esters (lactones) is 1. The Balaban J connectivity index is 1.46. The molecule has 1 fully saturated rings. The number of ether oxygens (including phenoxy) is 2. The number of carbonyl (C=O) groups is 2. The van der Waals surface area contributed by atoms with Crippen LogP contribution < -0.4 is 5.32 Å². The molecular weight excluding hydrogens is 530 g/mol. The Morgan fingerprint density at radius 1 is 1.15 bits per heavy atom. The van der Waals surface area contributed by atoms with Gasteiger partial charge in [-0.3, -0.25) is 5.32 Å². The van der Waals surface area contributed by atoms with Crippen molar-refractivity contribution in [3.63, 3.8) is 0 Å². The maximum absolute atomic E-state index is 13.1. The molecule has 1 aromatic rings. The van der Waals surface area contributed by atoms with Gasteiger partial charge in [0, 0.05) is 23.1 Å². The molecule has 222 valence electrons. The van der Waals surface area contributed by atoms with Crippen molar-refractivity contribution in [2.75, 3.05) is 5.32 Å². The maximum atomic E-state index is 13.1. The maximum Gasteiger partial charge on any atom is 0.411 e. The molecule has 6 nitrogen and oxygen atoms in total. The van der Waals surface area contributed by atoms with Crippen LogP contribution in [0.25, 0.3) is 0 Å². The molecule has 41 heavy (non-hydrogen) atoms. The van der Waals surface area contributed by atoms with E-state index in [0.717, 1.165) is 31.2 Å². The third-order valence-electron chi connectivity index (χ3n) is 8.90. The molecule has 1 saturated heterocycles. The average Bonchev–Trinajstić information content (AvgIpc) is 2.89. The minimum atomic E-state index is -1.40. The fourth-order valence-electron chi connectivity index (χ4n) is 6.81. The molecule has 0 radical (unpaired) electrons. The highest BCUT2D eigenvalue weighted by molar-refractivity contribution is 6.48. The molecule has 7 heteroatoms. The van der Waals surface area contributed by atoms with Gasteiger partial charge < -0.3 is 13.9 Å². The van der Waals surface area contributed by atoms with Gasteiger partial charge in [0.1, 0.15) is 18.3 Å².